The van der Waals surface area contributed by atoms with Crippen molar-refractivity contribution in [2.24, 2.45) is 0 Å². The fourth-order valence-electron chi connectivity index (χ4n) is 9.37. The second-order valence-electron chi connectivity index (χ2n) is 22.4. The van der Waals surface area contributed by atoms with Crippen LogP contribution in [0.3, 0.4) is 0 Å². The molecule has 0 aliphatic heterocycles. The average molecular weight is 1010 g/mol. The van der Waals surface area contributed by atoms with Crippen LogP contribution >= 0.6 is 7.82 Å². The number of aliphatic hydroxyl groups excluding tert-OH is 1. The summed E-state index contributed by atoms with van der Waals surface area (Å²) in [4.78, 5) is 25.5. The van der Waals surface area contributed by atoms with Crippen LogP contribution in [0.25, 0.3) is 0 Å². The van der Waals surface area contributed by atoms with Crippen LogP contribution in [0.2, 0.25) is 0 Å². The van der Waals surface area contributed by atoms with Crippen LogP contribution in [0.5, 0.6) is 0 Å². The summed E-state index contributed by atoms with van der Waals surface area (Å²) >= 11 is 0. The van der Waals surface area contributed by atoms with Crippen LogP contribution in [0.15, 0.2) is 24.3 Å². The van der Waals surface area contributed by atoms with Gasteiger partial charge in [-0.25, -0.2) is 0 Å². The number of nitrogens with one attached hydrogen (secondary N) is 1. The number of allylic oxidation sites excluding steroid dienone is 4. The van der Waals surface area contributed by atoms with E-state index < -0.39 is 20.0 Å². The van der Waals surface area contributed by atoms with Gasteiger partial charge in [-0.05, 0) is 44.9 Å². The first-order valence-corrected chi connectivity index (χ1v) is 32.1. The molecule has 0 fully saturated rings. The predicted octanol–water partition coefficient (Wildman–Crippen LogP) is 18.1. The summed E-state index contributed by atoms with van der Waals surface area (Å²) in [5.41, 5.74) is 0. The van der Waals surface area contributed by atoms with Crippen LogP contribution in [-0.2, 0) is 18.4 Å². The number of carbonyl (C=O) groups is 1. The molecule has 0 aromatic heterocycles. The Hall–Kier alpha value is -1.02. The molecule has 0 rings (SSSR count). The van der Waals surface area contributed by atoms with E-state index in [0.717, 1.165) is 44.9 Å². The van der Waals surface area contributed by atoms with Crippen LogP contribution < -0.4 is 10.2 Å². The zero-order chi connectivity index (χ0) is 51.3. The molecule has 70 heavy (non-hydrogen) atoms. The Kier molecular flexibility index (Phi) is 52.1. The number of hydrogen-bond donors (Lipinski definition) is 2. The number of likely N-dealkylation sites (N-methyl/N-ethyl adjacent to an activating group) is 1. The number of nitrogens with zero attached hydrogens (tertiary/aromatic N) is 1. The SMILES string of the molecule is CCCCCCC/C=C\C/C=C\CCCCCCCCCCCCCCCCCCCCCCCCCC(=O)NC(COP(=O)([O-])OCC[N+](C)(C)C)C(O)CCCCCCCCCCCCCCC. The second kappa shape index (κ2) is 52.8. The van der Waals surface area contributed by atoms with Crippen molar-refractivity contribution in [1.82, 2.24) is 5.32 Å². The van der Waals surface area contributed by atoms with Crippen LogP contribution in [-0.4, -0.2) is 68.5 Å². The van der Waals surface area contributed by atoms with Gasteiger partial charge in [-0.15, -0.1) is 0 Å². The molecule has 0 saturated carbocycles. The van der Waals surface area contributed by atoms with Crippen LogP contribution in [0, 0.1) is 0 Å². The lowest BCUT2D eigenvalue weighted by Crippen LogP contribution is -2.46. The molecule has 416 valence electrons. The highest BCUT2D eigenvalue weighted by atomic mass is 31.2. The van der Waals surface area contributed by atoms with Crippen molar-refractivity contribution < 1.29 is 32.9 Å². The maximum Gasteiger partial charge on any atom is 0.268 e. The summed E-state index contributed by atoms with van der Waals surface area (Å²) < 4.78 is 23.4. The summed E-state index contributed by atoms with van der Waals surface area (Å²) in [6.45, 7) is 4.74. The van der Waals surface area contributed by atoms with E-state index >= 15 is 0 Å². The van der Waals surface area contributed by atoms with Gasteiger partial charge >= 0.3 is 0 Å². The minimum absolute atomic E-state index is 0.0149. The van der Waals surface area contributed by atoms with Gasteiger partial charge in [0.05, 0.1) is 39.9 Å². The first-order valence-electron chi connectivity index (χ1n) is 30.7. The lowest BCUT2D eigenvalue weighted by molar-refractivity contribution is -0.870. The quantitative estimate of drug-likeness (QED) is 0.0272. The molecular weight excluding hydrogens is 888 g/mol. The largest absolute Gasteiger partial charge is 0.756 e. The van der Waals surface area contributed by atoms with E-state index in [-0.39, 0.29) is 19.1 Å². The summed E-state index contributed by atoms with van der Waals surface area (Å²) in [5.74, 6) is -0.159. The number of hydrogen-bond acceptors (Lipinski definition) is 6. The Balaban J connectivity index is 3.90. The highest BCUT2D eigenvalue weighted by molar-refractivity contribution is 7.45. The van der Waals surface area contributed by atoms with E-state index in [1.54, 1.807) is 0 Å². The Bertz CT molecular complexity index is 1190. The van der Waals surface area contributed by atoms with Crippen molar-refractivity contribution in [3.63, 3.8) is 0 Å². The number of rotatable bonds is 57. The zero-order valence-corrected chi connectivity index (χ0v) is 48.4. The van der Waals surface area contributed by atoms with Gasteiger partial charge in [0.2, 0.25) is 5.91 Å². The maximum absolute atomic E-state index is 13.0. The van der Waals surface area contributed by atoms with Crippen LogP contribution in [0.4, 0.5) is 0 Å². The molecule has 0 heterocycles. The van der Waals surface area contributed by atoms with E-state index in [1.807, 2.05) is 21.1 Å². The third-order valence-electron chi connectivity index (χ3n) is 14.2. The fraction of sp³-hybridized carbons (Fsp3) is 0.918. The fourth-order valence-corrected chi connectivity index (χ4v) is 10.1. The topological polar surface area (TPSA) is 108 Å². The molecule has 3 unspecified atom stereocenters. The lowest BCUT2D eigenvalue weighted by Gasteiger charge is -2.30. The lowest BCUT2D eigenvalue weighted by atomic mass is 10.0. The van der Waals surface area contributed by atoms with Gasteiger partial charge in [0.1, 0.15) is 13.2 Å². The van der Waals surface area contributed by atoms with Gasteiger partial charge in [0, 0.05) is 6.42 Å². The first kappa shape index (κ1) is 69.0. The number of aliphatic hydroxyl groups is 1. The van der Waals surface area contributed by atoms with Gasteiger partial charge in [0.15, 0.2) is 0 Å². The van der Waals surface area contributed by atoms with Gasteiger partial charge in [0.25, 0.3) is 7.82 Å². The molecule has 0 spiro atoms. The molecule has 3 atom stereocenters. The number of phosphoric acid groups is 1. The highest BCUT2D eigenvalue weighted by Gasteiger charge is 2.24. The molecule has 0 aromatic rings. The first-order chi connectivity index (χ1) is 34.0. The Morgan fingerprint density at radius 3 is 1.19 bits per heavy atom. The van der Waals surface area contributed by atoms with Crippen molar-refractivity contribution in [2.45, 2.75) is 321 Å². The minimum Gasteiger partial charge on any atom is -0.756 e. The van der Waals surface area contributed by atoms with Gasteiger partial charge in [-0.1, -0.05) is 282 Å². The summed E-state index contributed by atoms with van der Waals surface area (Å²) in [5, 5.41) is 14.0. The molecule has 0 aromatic carbocycles. The second-order valence-corrected chi connectivity index (χ2v) is 23.8. The van der Waals surface area contributed by atoms with E-state index in [1.165, 1.54) is 238 Å². The Morgan fingerprint density at radius 1 is 0.500 bits per heavy atom. The average Bonchev–Trinajstić information content (AvgIpc) is 3.32. The standard InChI is InChI=1S/C61H121N2O6P/c1-6-8-10-12-14-16-18-20-21-22-23-24-25-26-27-28-29-30-31-32-33-34-35-36-37-38-39-40-41-43-45-47-49-51-53-55-61(65)62-59(58-69-70(66,67)68-57-56-63(3,4)5)60(64)54-52-50-48-46-44-42-19-17-15-13-11-9-7-2/h18,20,22-23,59-60,64H,6-17,19,21,24-58H2,1-5H3,(H-,62,65,66,67)/b20-18-,23-22-. The number of unbranched alkanes of at least 4 members (excludes halogenated alkanes) is 40. The van der Waals surface area contributed by atoms with Gasteiger partial charge in [-0.2, -0.15) is 0 Å². The molecule has 0 aliphatic carbocycles. The third kappa shape index (κ3) is 54.7. The maximum atomic E-state index is 13.0. The van der Waals surface area contributed by atoms with E-state index in [9.17, 15) is 19.4 Å². The monoisotopic (exact) mass is 1010 g/mol. The van der Waals surface area contributed by atoms with E-state index in [4.69, 9.17) is 9.05 Å². The van der Waals surface area contributed by atoms with Crippen molar-refractivity contribution in [2.75, 3.05) is 40.9 Å². The molecule has 9 heteroatoms. The van der Waals surface area contributed by atoms with E-state index in [2.05, 4.69) is 43.5 Å². The Labute approximate surface area is 436 Å². The zero-order valence-electron chi connectivity index (χ0n) is 47.5. The van der Waals surface area contributed by atoms with Gasteiger partial charge in [-0.3, -0.25) is 9.36 Å². The van der Waals surface area contributed by atoms with Gasteiger partial charge < -0.3 is 28.8 Å². The number of phosphoric ester groups is 1. The normalized spacial score (nSPS) is 14.0. The summed E-state index contributed by atoms with van der Waals surface area (Å²) in [6, 6.07) is -0.796. The summed E-state index contributed by atoms with van der Waals surface area (Å²) in [6.07, 6.45) is 66.7. The van der Waals surface area contributed by atoms with Crippen LogP contribution in [0.1, 0.15) is 309 Å². The van der Waals surface area contributed by atoms with Crippen molar-refractivity contribution in [3.8, 4) is 0 Å². The Morgan fingerprint density at radius 2 is 0.829 bits per heavy atom. The molecule has 2 N–H and O–H groups in total. The predicted molar refractivity (Wildman–Crippen MR) is 302 cm³/mol. The van der Waals surface area contributed by atoms with Crippen molar-refractivity contribution >= 4 is 13.7 Å². The van der Waals surface area contributed by atoms with Crippen molar-refractivity contribution in [1.29, 1.82) is 0 Å². The number of amides is 1. The highest BCUT2D eigenvalue weighted by Crippen LogP contribution is 2.38. The van der Waals surface area contributed by atoms with E-state index in [0.29, 0.717) is 23.9 Å². The molecule has 0 radical (unpaired) electrons. The number of carbonyl (C=O) groups excluding carboxylic acids is 1. The molecule has 0 saturated heterocycles. The molecule has 1 amide bonds. The molecule has 8 nitrogen and oxygen atoms in total. The third-order valence-corrected chi connectivity index (χ3v) is 15.2. The molecule has 0 aliphatic rings. The minimum atomic E-state index is -4.57. The summed E-state index contributed by atoms with van der Waals surface area (Å²) in [7, 11) is 1.32. The molecule has 0 bridgehead atoms. The molecular formula is C61H121N2O6P. The number of quaternary nitrogens is 1. The van der Waals surface area contributed by atoms with Crippen molar-refractivity contribution in [3.05, 3.63) is 24.3 Å². The smallest absolute Gasteiger partial charge is 0.268 e.